The van der Waals surface area contributed by atoms with Gasteiger partial charge in [-0.25, -0.2) is 9.78 Å². The molecule has 3 heteroatoms. The van der Waals surface area contributed by atoms with Crippen LogP contribution in [-0.2, 0) is 9.78 Å². The van der Waals surface area contributed by atoms with E-state index < -0.39 is 6.29 Å². The third kappa shape index (κ3) is 3.78. The molecule has 0 radical (unpaired) electrons. The molecule has 86 valence electrons. The Hall–Kier alpha value is -0.640. The lowest BCUT2D eigenvalue weighted by molar-refractivity contribution is -0.382. The molecule has 0 saturated heterocycles. The van der Waals surface area contributed by atoms with Crippen LogP contribution in [-0.4, -0.2) is 17.5 Å². The SMILES string of the molecule is C=C(C)[C@H]1CC=C(C)C(OOC(C)O)C1. The summed E-state index contributed by atoms with van der Waals surface area (Å²) in [6.07, 6.45) is 3.11. The molecule has 1 aliphatic carbocycles. The van der Waals surface area contributed by atoms with E-state index in [0.717, 1.165) is 18.4 Å². The van der Waals surface area contributed by atoms with E-state index in [2.05, 4.69) is 12.7 Å². The van der Waals surface area contributed by atoms with Crippen LogP contribution in [0.15, 0.2) is 23.8 Å². The van der Waals surface area contributed by atoms with E-state index in [4.69, 9.17) is 14.9 Å². The van der Waals surface area contributed by atoms with Crippen LogP contribution in [0.4, 0.5) is 0 Å². The summed E-state index contributed by atoms with van der Waals surface area (Å²) in [5, 5.41) is 8.96. The highest BCUT2D eigenvalue weighted by Crippen LogP contribution is 2.30. The smallest absolute Gasteiger partial charge is 0.185 e. The standard InChI is InChI=1S/C12H20O3/c1-8(2)11-6-5-9(3)12(7-11)15-14-10(4)13/h5,10-13H,1,6-7H2,2-4H3/t10?,11-,12?/m0/s1. The molecule has 0 spiro atoms. The van der Waals surface area contributed by atoms with Crippen molar-refractivity contribution in [1.29, 1.82) is 0 Å². The fourth-order valence-electron chi connectivity index (χ4n) is 1.67. The third-order valence-corrected chi connectivity index (χ3v) is 2.74. The fourth-order valence-corrected chi connectivity index (χ4v) is 1.67. The average molecular weight is 212 g/mol. The van der Waals surface area contributed by atoms with E-state index in [-0.39, 0.29) is 6.10 Å². The topological polar surface area (TPSA) is 38.7 Å². The quantitative estimate of drug-likeness (QED) is 0.337. The first-order valence-electron chi connectivity index (χ1n) is 5.33. The first kappa shape index (κ1) is 12.4. The maximum Gasteiger partial charge on any atom is 0.185 e. The van der Waals surface area contributed by atoms with Crippen LogP contribution >= 0.6 is 0 Å². The Bertz CT molecular complexity index is 256. The van der Waals surface area contributed by atoms with Crippen LogP contribution < -0.4 is 0 Å². The Morgan fingerprint density at radius 2 is 2.33 bits per heavy atom. The van der Waals surface area contributed by atoms with Gasteiger partial charge in [-0.15, -0.1) is 0 Å². The molecule has 1 aliphatic rings. The molecule has 1 rings (SSSR count). The van der Waals surface area contributed by atoms with Crippen LogP contribution in [0, 0.1) is 5.92 Å². The minimum atomic E-state index is -0.886. The van der Waals surface area contributed by atoms with Crippen LogP contribution in [0.3, 0.4) is 0 Å². The van der Waals surface area contributed by atoms with Gasteiger partial charge < -0.3 is 5.11 Å². The third-order valence-electron chi connectivity index (χ3n) is 2.74. The largest absolute Gasteiger partial charge is 0.366 e. The Kier molecular flexibility index (Phi) is 4.51. The maximum absolute atomic E-state index is 8.96. The molecule has 0 aliphatic heterocycles. The van der Waals surface area contributed by atoms with Gasteiger partial charge in [0.2, 0.25) is 0 Å². The highest BCUT2D eigenvalue weighted by Gasteiger charge is 2.24. The molecule has 0 fully saturated rings. The van der Waals surface area contributed by atoms with E-state index in [1.807, 2.05) is 13.8 Å². The predicted molar refractivity (Wildman–Crippen MR) is 58.9 cm³/mol. The summed E-state index contributed by atoms with van der Waals surface area (Å²) in [5.41, 5.74) is 2.33. The molecule has 15 heavy (non-hydrogen) atoms. The van der Waals surface area contributed by atoms with Crippen molar-refractivity contribution in [2.45, 2.75) is 46.0 Å². The lowest BCUT2D eigenvalue weighted by Crippen LogP contribution is -2.25. The summed E-state index contributed by atoms with van der Waals surface area (Å²) < 4.78 is 0. The summed E-state index contributed by atoms with van der Waals surface area (Å²) in [4.78, 5) is 9.94. The second-order valence-electron chi connectivity index (χ2n) is 4.24. The summed E-state index contributed by atoms with van der Waals surface area (Å²) >= 11 is 0. The highest BCUT2D eigenvalue weighted by molar-refractivity contribution is 5.14. The zero-order valence-corrected chi connectivity index (χ0v) is 9.69. The number of rotatable bonds is 4. The lowest BCUT2D eigenvalue weighted by atomic mass is 9.84. The van der Waals surface area contributed by atoms with Gasteiger partial charge in [-0.05, 0) is 45.1 Å². The van der Waals surface area contributed by atoms with Crippen molar-refractivity contribution < 1.29 is 14.9 Å². The minimum absolute atomic E-state index is 0.0601. The summed E-state index contributed by atoms with van der Waals surface area (Å²) in [7, 11) is 0. The predicted octanol–water partition coefficient (Wildman–Crippen LogP) is 2.57. The Labute approximate surface area is 91.3 Å². The van der Waals surface area contributed by atoms with Gasteiger partial charge in [0.1, 0.15) is 6.10 Å². The van der Waals surface area contributed by atoms with Crippen molar-refractivity contribution in [1.82, 2.24) is 0 Å². The number of aliphatic hydroxyl groups is 1. The van der Waals surface area contributed by atoms with E-state index in [0.29, 0.717) is 5.92 Å². The van der Waals surface area contributed by atoms with E-state index in [1.54, 1.807) is 0 Å². The molecule has 0 saturated carbocycles. The van der Waals surface area contributed by atoms with Gasteiger partial charge in [-0.2, -0.15) is 0 Å². The van der Waals surface area contributed by atoms with Crippen LogP contribution in [0.25, 0.3) is 0 Å². The summed E-state index contributed by atoms with van der Waals surface area (Å²) in [6, 6.07) is 0. The minimum Gasteiger partial charge on any atom is -0.366 e. The number of aliphatic hydroxyl groups excluding tert-OH is 1. The van der Waals surface area contributed by atoms with Crippen molar-refractivity contribution in [3.63, 3.8) is 0 Å². The first-order chi connectivity index (χ1) is 7.00. The summed E-state index contributed by atoms with van der Waals surface area (Å²) in [5.74, 6) is 0.455. The van der Waals surface area contributed by atoms with Crippen molar-refractivity contribution in [2.24, 2.45) is 5.92 Å². The molecule has 2 unspecified atom stereocenters. The van der Waals surface area contributed by atoms with Gasteiger partial charge in [0.25, 0.3) is 0 Å². The Morgan fingerprint density at radius 3 is 2.87 bits per heavy atom. The number of allylic oxidation sites excluding steroid dienone is 2. The molecule has 3 atom stereocenters. The van der Waals surface area contributed by atoms with E-state index in [1.165, 1.54) is 12.5 Å². The van der Waals surface area contributed by atoms with Crippen LogP contribution in [0.1, 0.15) is 33.6 Å². The second kappa shape index (κ2) is 5.45. The monoisotopic (exact) mass is 212 g/mol. The van der Waals surface area contributed by atoms with Crippen molar-refractivity contribution >= 4 is 0 Å². The van der Waals surface area contributed by atoms with E-state index in [9.17, 15) is 0 Å². The van der Waals surface area contributed by atoms with E-state index >= 15 is 0 Å². The molecule has 0 aromatic rings. The number of hydrogen-bond acceptors (Lipinski definition) is 3. The zero-order chi connectivity index (χ0) is 11.4. The highest BCUT2D eigenvalue weighted by atomic mass is 17.2. The average Bonchev–Trinajstić information content (AvgIpc) is 2.16. The maximum atomic E-state index is 8.96. The first-order valence-corrected chi connectivity index (χ1v) is 5.33. The fraction of sp³-hybridized carbons (Fsp3) is 0.667. The Morgan fingerprint density at radius 1 is 1.67 bits per heavy atom. The summed E-state index contributed by atoms with van der Waals surface area (Å²) in [6.45, 7) is 9.54. The van der Waals surface area contributed by atoms with Gasteiger partial charge in [-0.3, -0.25) is 0 Å². The molecule has 0 aromatic carbocycles. The van der Waals surface area contributed by atoms with Gasteiger partial charge in [-0.1, -0.05) is 18.2 Å². The van der Waals surface area contributed by atoms with Crippen LogP contribution in [0.5, 0.6) is 0 Å². The molecular formula is C12H20O3. The molecular weight excluding hydrogens is 192 g/mol. The zero-order valence-electron chi connectivity index (χ0n) is 9.69. The van der Waals surface area contributed by atoms with Crippen molar-refractivity contribution in [2.75, 3.05) is 0 Å². The second-order valence-corrected chi connectivity index (χ2v) is 4.24. The molecule has 0 amide bonds. The normalized spacial score (nSPS) is 28.4. The molecule has 0 bridgehead atoms. The van der Waals surface area contributed by atoms with Gasteiger partial charge in [0, 0.05) is 0 Å². The molecule has 0 aromatic heterocycles. The van der Waals surface area contributed by atoms with Crippen LogP contribution in [0.2, 0.25) is 0 Å². The molecule has 1 N–H and O–H groups in total. The van der Waals surface area contributed by atoms with Gasteiger partial charge >= 0.3 is 0 Å². The molecule has 0 heterocycles. The molecule has 3 nitrogen and oxygen atoms in total. The van der Waals surface area contributed by atoms with Crippen molar-refractivity contribution in [3.8, 4) is 0 Å². The van der Waals surface area contributed by atoms with Gasteiger partial charge in [0.15, 0.2) is 6.29 Å². The van der Waals surface area contributed by atoms with Gasteiger partial charge in [0.05, 0.1) is 0 Å². The lowest BCUT2D eigenvalue weighted by Gasteiger charge is -2.28. The van der Waals surface area contributed by atoms with Crippen molar-refractivity contribution in [3.05, 3.63) is 23.8 Å². The Balaban J connectivity index is 2.52. The number of hydrogen-bond donors (Lipinski definition) is 1.